The zero-order chi connectivity index (χ0) is 12.5. The Hall–Kier alpha value is -1.24. The van der Waals surface area contributed by atoms with E-state index in [9.17, 15) is 0 Å². The van der Waals surface area contributed by atoms with Gasteiger partial charge in [0, 0.05) is 28.2 Å². The van der Waals surface area contributed by atoms with Crippen molar-refractivity contribution in [3.63, 3.8) is 0 Å². The van der Waals surface area contributed by atoms with Gasteiger partial charge < -0.3 is 4.57 Å². The van der Waals surface area contributed by atoms with Crippen molar-refractivity contribution in [1.82, 2.24) is 4.57 Å². The van der Waals surface area contributed by atoms with E-state index in [-0.39, 0.29) is 5.41 Å². The SMILES string of the molecule is C=c1c(=C/CC)/c(=C\C(C)(C)C)c(=C)n1C. The van der Waals surface area contributed by atoms with Crippen molar-refractivity contribution in [3.8, 4) is 0 Å². The molecular weight excluding hydrogens is 194 g/mol. The van der Waals surface area contributed by atoms with Gasteiger partial charge in [-0.25, -0.2) is 0 Å². The summed E-state index contributed by atoms with van der Waals surface area (Å²) in [6.45, 7) is 17.0. The molecule has 1 nitrogen and oxygen atoms in total. The minimum Gasteiger partial charge on any atom is -0.345 e. The number of aromatic nitrogens is 1. The maximum atomic E-state index is 4.14. The largest absolute Gasteiger partial charge is 0.345 e. The zero-order valence-corrected chi connectivity index (χ0v) is 11.2. The summed E-state index contributed by atoms with van der Waals surface area (Å²) in [6, 6.07) is 0. The molecule has 0 radical (unpaired) electrons. The first-order valence-electron chi connectivity index (χ1n) is 5.83. The van der Waals surface area contributed by atoms with Crippen molar-refractivity contribution in [2.24, 2.45) is 12.5 Å². The Morgan fingerprint density at radius 1 is 1.12 bits per heavy atom. The van der Waals surface area contributed by atoms with Gasteiger partial charge in [0.2, 0.25) is 0 Å². The molecule has 1 heteroatoms. The molecule has 0 aliphatic heterocycles. The van der Waals surface area contributed by atoms with Gasteiger partial charge in [0.25, 0.3) is 0 Å². The van der Waals surface area contributed by atoms with Crippen LogP contribution in [0, 0.1) is 5.41 Å². The predicted molar refractivity (Wildman–Crippen MR) is 73.6 cm³/mol. The van der Waals surface area contributed by atoms with Crippen LogP contribution in [0.15, 0.2) is 0 Å². The average Bonchev–Trinajstić information content (AvgIpc) is 2.33. The van der Waals surface area contributed by atoms with Crippen LogP contribution in [0.25, 0.3) is 25.3 Å². The van der Waals surface area contributed by atoms with Gasteiger partial charge in [-0.2, -0.15) is 0 Å². The van der Waals surface area contributed by atoms with Crippen LogP contribution in [0.2, 0.25) is 0 Å². The third-order valence-corrected chi connectivity index (χ3v) is 2.71. The van der Waals surface area contributed by atoms with Gasteiger partial charge in [-0.05, 0) is 11.8 Å². The highest BCUT2D eigenvalue weighted by atomic mass is 14.9. The lowest BCUT2D eigenvalue weighted by Gasteiger charge is -2.10. The molecule has 0 saturated heterocycles. The number of nitrogens with zero attached hydrogens (tertiary/aromatic N) is 1. The van der Waals surface area contributed by atoms with Crippen LogP contribution in [-0.2, 0) is 7.05 Å². The van der Waals surface area contributed by atoms with E-state index in [1.54, 1.807) is 0 Å². The molecule has 0 amide bonds. The van der Waals surface area contributed by atoms with Gasteiger partial charge in [-0.1, -0.05) is 53.0 Å². The predicted octanol–water partition coefficient (Wildman–Crippen LogP) is 0.863. The van der Waals surface area contributed by atoms with E-state index in [2.05, 4.69) is 57.6 Å². The highest BCUT2D eigenvalue weighted by Gasteiger charge is 2.06. The molecule has 1 aromatic heterocycles. The lowest BCUT2D eigenvalue weighted by Crippen LogP contribution is -2.38. The zero-order valence-electron chi connectivity index (χ0n) is 11.2. The lowest BCUT2D eigenvalue weighted by atomic mass is 9.95. The average molecular weight is 217 g/mol. The van der Waals surface area contributed by atoms with E-state index < -0.39 is 0 Å². The molecule has 1 heterocycles. The van der Waals surface area contributed by atoms with Crippen LogP contribution in [0.1, 0.15) is 34.1 Å². The molecule has 0 unspecified atom stereocenters. The van der Waals surface area contributed by atoms with Gasteiger partial charge in [0.15, 0.2) is 0 Å². The van der Waals surface area contributed by atoms with Crippen molar-refractivity contribution in [2.45, 2.75) is 34.1 Å². The summed E-state index contributed by atoms with van der Waals surface area (Å²) in [6.07, 6.45) is 5.54. The monoisotopic (exact) mass is 217 g/mol. The Bertz CT molecular complexity index is 579. The van der Waals surface area contributed by atoms with Crippen molar-refractivity contribution in [2.75, 3.05) is 0 Å². The van der Waals surface area contributed by atoms with Crippen LogP contribution in [0.4, 0.5) is 0 Å². The maximum Gasteiger partial charge on any atom is 0.0412 e. The molecule has 16 heavy (non-hydrogen) atoms. The van der Waals surface area contributed by atoms with Gasteiger partial charge in [-0.3, -0.25) is 0 Å². The molecular formula is C15H23N. The molecule has 0 aliphatic carbocycles. The lowest BCUT2D eigenvalue weighted by molar-refractivity contribution is 0.583. The van der Waals surface area contributed by atoms with Crippen molar-refractivity contribution >= 4 is 25.3 Å². The molecule has 88 valence electrons. The fourth-order valence-corrected chi connectivity index (χ4v) is 1.86. The summed E-state index contributed by atoms with van der Waals surface area (Å²) in [7, 11) is 2.03. The minimum atomic E-state index is 0.163. The smallest absolute Gasteiger partial charge is 0.0412 e. The third kappa shape index (κ3) is 2.46. The second-order valence-electron chi connectivity index (χ2n) is 5.40. The first-order chi connectivity index (χ1) is 7.28. The molecule has 0 bridgehead atoms. The first-order valence-corrected chi connectivity index (χ1v) is 5.83. The molecule has 0 aromatic carbocycles. The van der Waals surface area contributed by atoms with Gasteiger partial charge in [-0.15, -0.1) is 0 Å². The molecule has 0 aliphatic rings. The second kappa shape index (κ2) is 4.32. The van der Waals surface area contributed by atoms with E-state index in [0.29, 0.717) is 0 Å². The van der Waals surface area contributed by atoms with E-state index in [0.717, 1.165) is 17.1 Å². The van der Waals surface area contributed by atoms with E-state index in [1.807, 2.05) is 7.05 Å². The van der Waals surface area contributed by atoms with Crippen LogP contribution in [-0.4, -0.2) is 4.57 Å². The standard InChI is InChI=1S/C15H23N/c1-8-9-13-11(2)16(7)12(3)14(13)10-15(4,5)6/h9-10H,2-3,8H2,1,4-7H3/b13-9-,14-10-. The summed E-state index contributed by atoms with van der Waals surface area (Å²) in [5.74, 6) is 0. The highest BCUT2D eigenvalue weighted by Crippen LogP contribution is 2.13. The molecule has 0 atom stereocenters. The summed E-state index contributed by atoms with van der Waals surface area (Å²) in [5, 5.41) is 4.59. The molecule has 0 fully saturated rings. The Labute approximate surface area is 98.1 Å². The number of hydrogen-bond acceptors (Lipinski definition) is 0. The quantitative estimate of drug-likeness (QED) is 0.657. The second-order valence-corrected chi connectivity index (χ2v) is 5.40. The normalized spacial score (nSPS) is 14.8. The summed E-state index contributed by atoms with van der Waals surface area (Å²) in [5.41, 5.74) is 0.163. The minimum absolute atomic E-state index is 0.163. The van der Waals surface area contributed by atoms with Gasteiger partial charge >= 0.3 is 0 Å². The van der Waals surface area contributed by atoms with E-state index in [4.69, 9.17) is 0 Å². The molecule has 1 rings (SSSR count). The van der Waals surface area contributed by atoms with Crippen LogP contribution < -0.4 is 21.1 Å². The Morgan fingerprint density at radius 2 is 1.62 bits per heavy atom. The van der Waals surface area contributed by atoms with Crippen molar-refractivity contribution < 1.29 is 0 Å². The number of rotatable bonds is 1. The van der Waals surface area contributed by atoms with E-state index >= 15 is 0 Å². The fourth-order valence-electron chi connectivity index (χ4n) is 1.86. The Kier molecular flexibility index (Phi) is 3.47. The van der Waals surface area contributed by atoms with Crippen LogP contribution in [0.3, 0.4) is 0 Å². The van der Waals surface area contributed by atoms with Crippen LogP contribution >= 0.6 is 0 Å². The fraction of sp³-hybridized carbons (Fsp3) is 0.467. The first kappa shape index (κ1) is 12.8. The summed E-state index contributed by atoms with van der Waals surface area (Å²) >= 11 is 0. The summed E-state index contributed by atoms with van der Waals surface area (Å²) in [4.78, 5) is 0. The highest BCUT2D eigenvalue weighted by molar-refractivity contribution is 5.36. The molecule has 0 spiro atoms. The Balaban J connectivity index is 3.85. The van der Waals surface area contributed by atoms with Crippen molar-refractivity contribution in [1.29, 1.82) is 0 Å². The van der Waals surface area contributed by atoms with Crippen LogP contribution in [0.5, 0.6) is 0 Å². The third-order valence-electron chi connectivity index (χ3n) is 2.71. The molecule has 0 N–H and O–H groups in total. The maximum absolute atomic E-state index is 4.14. The molecule has 0 saturated carbocycles. The Morgan fingerprint density at radius 3 is 2.06 bits per heavy atom. The summed E-state index contributed by atoms with van der Waals surface area (Å²) < 4.78 is 2.07. The van der Waals surface area contributed by atoms with Crippen molar-refractivity contribution in [3.05, 3.63) is 21.1 Å². The van der Waals surface area contributed by atoms with Gasteiger partial charge in [0.1, 0.15) is 0 Å². The van der Waals surface area contributed by atoms with Gasteiger partial charge in [0.05, 0.1) is 0 Å². The number of hydrogen-bond donors (Lipinski definition) is 0. The van der Waals surface area contributed by atoms with E-state index in [1.165, 1.54) is 10.4 Å². The molecule has 1 aromatic rings. The topological polar surface area (TPSA) is 4.93 Å².